The highest BCUT2D eigenvalue weighted by Crippen LogP contribution is 2.19. The number of benzene rings is 1. The SMILES string of the molecule is OCC(=NCc1ccco1)Sc1ccccc1. The number of hydrogen-bond donors (Lipinski definition) is 1. The van der Waals surface area contributed by atoms with Gasteiger partial charge in [0, 0.05) is 4.90 Å². The fourth-order valence-corrected chi connectivity index (χ4v) is 2.07. The molecule has 1 aromatic heterocycles. The number of hydrogen-bond acceptors (Lipinski definition) is 4. The molecular formula is C13H13NO2S. The highest BCUT2D eigenvalue weighted by atomic mass is 32.2. The first kappa shape index (κ1) is 12.0. The number of nitrogens with zero attached hydrogens (tertiary/aromatic N) is 1. The van der Waals surface area contributed by atoms with E-state index in [9.17, 15) is 5.11 Å². The quantitative estimate of drug-likeness (QED) is 0.513. The van der Waals surface area contributed by atoms with E-state index in [1.165, 1.54) is 11.8 Å². The van der Waals surface area contributed by atoms with Crippen molar-refractivity contribution in [2.75, 3.05) is 6.61 Å². The Bertz CT molecular complexity index is 465. The summed E-state index contributed by atoms with van der Waals surface area (Å²) in [6, 6.07) is 13.6. The molecule has 0 aliphatic carbocycles. The molecule has 0 aliphatic rings. The number of aliphatic hydroxyl groups excluding tert-OH is 1. The van der Waals surface area contributed by atoms with Crippen molar-refractivity contribution in [3.05, 3.63) is 54.5 Å². The lowest BCUT2D eigenvalue weighted by atomic mass is 10.4. The molecule has 0 atom stereocenters. The smallest absolute Gasteiger partial charge is 0.125 e. The van der Waals surface area contributed by atoms with Gasteiger partial charge in [0.2, 0.25) is 0 Å². The maximum atomic E-state index is 9.23. The van der Waals surface area contributed by atoms with Crippen molar-refractivity contribution in [1.82, 2.24) is 0 Å². The minimum atomic E-state index is -0.0553. The number of rotatable bonds is 4. The van der Waals surface area contributed by atoms with Crippen LogP contribution in [0.5, 0.6) is 0 Å². The first-order valence-corrected chi connectivity index (χ1v) is 6.09. The molecule has 0 radical (unpaired) electrons. The average molecular weight is 247 g/mol. The van der Waals surface area contributed by atoms with Gasteiger partial charge in [-0.25, -0.2) is 0 Å². The van der Waals surface area contributed by atoms with Gasteiger partial charge in [0.25, 0.3) is 0 Å². The zero-order chi connectivity index (χ0) is 11.9. The minimum Gasteiger partial charge on any atom is -0.467 e. The van der Waals surface area contributed by atoms with Crippen LogP contribution in [0, 0.1) is 0 Å². The number of thioether (sulfide) groups is 1. The zero-order valence-electron chi connectivity index (χ0n) is 9.24. The molecule has 0 fully saturated rings. The molecule has 1 N–H and O–H groups in total. The summed E-state index contributed by atoms with van der Waals surface area (Å²) in [5.74, 6) is 0.796. The Balaban J connectivity index is 1.99. The highest BCUT2D eigenvalue weighted by Gasteiger charge is 2.01. The van der Waals surface area contributed by atoms with Gasteiger partial charge < -0.3 is 9.52 Å². The van der Waals surface area contributed by atoms with E-state index in [0.717, 1.165) is 10.7 Å². The Morgan fingerprint density at radius 2 is 2.00 bits per heavy atom. The molecule has 88 valence electrons. The van der Waals surface area contributed by atoms with Crippen molar-refractivity contribution >= 4 is 16.8 Å². The fraction of sp³-hybridized carbons (Fsp3) is 0.154. The van der Waals surface area contributed by atoms with Gasteiger partial charge in [0.05, 0.1) is 24.5 Å². The summed E-state index contributed by atoms with van der Waals surface area (Å²) >= 11 is 1.47. The molecule has 0 saturated heterocycles. The third kappa shape index (κ3) is 3.76. The topological polar surface area (TPSA) is 45.7 Å². The molecule has 0 unspecified atom stereocenters. The van der Waals surface area contributed by atoms with Crippen LogP contribution in [-0.2, 0) is 6.54 Å². The summed E-state index contributed by atoms with van der Waals surface area (Å²) in [6.45, 7) is 0.406. The van der Waals surface area contributed by atoms with E-state index in [4.69, 9.17) is 4.42 Å². The normalized spacial score (nSPS) is 11.7. The van der Waals surface area contributed by atoms with E-state index < -0.39 is 0 Å². The van der Waals surface area contributed by atoms with Gasteiger partial charge in [-0.05, 0) is 24.3 Å². The lowest BCUT2D eigenvalue weighted by Crippen LogP contribution is -1.99. The van der Waals surface area contributed by atoms with E-state index in [1.54, 1.807) is 6.26 Å². The van der Waals surface area contributed by atoms with E-state index in [2.05, 4.69) is 4.99 Å². The molecular weight excluding hydrogens is 234 g/mol. The van der Waals surface area contributed by atoms with Gasteiger partial charge in [-0.2, -0.15) is 0 Å². The van der Waals surface area contributed by atoms with Crippen molar-refractivity contribution in [3.63, 3.8) is 0 Å². The Labute approximate surface area is 104 Å². The standard InChI is InChI=1S/C13H13NO2S/c15-10-13(14-9-11-5-4-8-16-11)17-12-6-2-1-3-7-12/h1-8,15H,9-10H2. The summed E-state index contributed by atoms with van der Waals surface area (Å²) < 4.78 is 5.18. The lowest BCUT2D eigenvalue weighted by Gasteiger charge is -2.02. The van der Waals surface area contributed by atoms with Crippen LogP contribution in [-0.4, -0.2) is 16.8 Å². The van der Waals surface area contributed by atoms with Gasteiger partial charge in [0.1, 0.15) is 5.76 Å². The van der Waals surface area contributed by atoms with Crippen molar-refractivity contribution in [2.24, 2.45) is 4.99 Å². The monoisotopic (exact) mass is 247 g/mol. The first-order chi connectivity index (χ1) is 8.38. The first-order valence-electron chi connectivity index (χ1n) is 5.28. The van der Waals surface area contributed by atoms with Crippen LogP contribution in [0.3, 0.4) is 0 Å². The van der Waals surface area contributed by atoms with E-state index in [1.807, 2.05) is 42.5 Å². The second-order valence-corrected chi connectivity index (χ2v) is 4.51. The number of furan rings is 1. The lowest BCUT2D eigenvalue weighted by molar-refractivity contribution is 0.359. The highest BCUT2D eigenvalue weighted by molar-refractivity contribution is 8.14. The number of aliphatic hydroxyl groups is 1. The van der Waals surface area contributed by atoms with Gasteiger partial charge in [-0.15, -0.1) is 0 Å². The molecule has 2 aromatic rings. The summed E-state index contributed by atoms with van der Waals surface area (Å²) in [6.07, 6.45) is 1.62. The Morgan fingerprint density at radius 1 is 1.18 bits per heavy atom. The third-order valence-corrected chi connectivity index (χ3v) is 3.11. The minimum absolute atomic E-state index is 0.0553. The van der Waals surface area contributed by atoms with Crippen LogP contribution in [0.1, 0.15) is 5.76 Å². The summed E-state index contributed by atoms with van der Waals surface area (Å²) in [5.41, 5.74) is 0. The maximum absolute atomic E-state index is 9.23. The fourth-order valence-electron chi connectivity index (χ4n) is 1.31. The Kier molecular flexibility index (Phi) is 4.41. The molecule has 17 heavy (non-hydrogen) atoms. The van der Waals surface area contributed by atoms with Crippen molar-refractivity contribution in [3.8, 4) is 0 Å². The molecule has 1 heterocycles. The molecule has 0 spiro atoms. The maximum Gasteiger partial charge on any atom is 0.125 e. The van der Waals surface area contributed by atoms with Crippen LogP contribution < -0.4 is 0 Å². The van der Waals surface area contributed by atoms with Crippen molar-refractivity contribution < 1.29 is 9.52 Å². The molecule has 2 rings (SSSR count). The van der Waals surface area contributed by atoms with Crippen LogP contribution in [0.2, 0.25) is 0 Å². The van der Waals surface area contributed by atoms with E-state index in [0.29, 0.717) is 11.6 Å². The average Bonchev–Trinajstić information content (AvgIpc) is 2.89. The largest absolute Gasteiger partial charge is 0.467 e. The van der Waals surface area contributed by atoms with Gasteiger partial charge >= 0.3 is 0 Å². The molecule has 0 saturated carbocycles. The predicted molar refractivity (Wildman–Crippen MR) is 69.2 cm³/mol. The molecule has 0 aliphatic heterocycles. The molecule has 3 nitrogen and oxygen atoms in total. The van der Waals surface area contributed by atoms with Crippen molar-refractivity contribution in [1.29, 1.82) is 0 Å². The van der Waals surface area contributed by atoms with E-state index in [-0.39, 0.29) is 6.61 Å². The predicted octanol–water partition coefficient (Wildman–Crippen LogP) is 2.96. The summed E-state index contributed by atoms with van der Waals surface area (Å²) in [5, 5.41) is 9.92. The van der Waals surface area contributed by atoms with Gasteiger partial charge in [-0.3, -0.25) is 4.99 Å². The van der Waals surface area contributed by atoms with Crippen LogP contribution in [0.4, 0.5) is 0 Å². The third-order valence-electron chi connectivity index (χ3n) is 2.11. The van der Waals surface area contributed by atoms with Crippen LogP contribution >= 0.6 is 11.8 Å². The Morgan fingerprint density at radius 3 is 2.65 bits per heavy atom. The zero-order valence-corrected chi connectivity index (χ0v) is 10.1. The Hall–Kier alpha value is -1.52. The second-order valence-electron chi connectivity index (χ2n) is 3.36. The van der Waals surface area contributed by atoms with Gasteiger partial charge in [-0.1, -0.05) is 30.0 Å². The summed E-state index contributed by atoms with van der Waals surface area (Å²) in [4.78, 5) is 5.39. The molecule has 1 aromatic carbocycles. The van der Waals surface area contributed by atoms with Gasteiger partial charge in [0.15, 0.2) is 0 Å². The van der Waals surface area contributed by atoms with E-state index >= 15 is 0 Å². The second kappa shape index (κ2) is 6.27. The molecule has 4 heteroatoms. The van der Waals surface area contributed by atoms with Crippen LogP contribution in [0.25, 0.3) is 0 Å². The number of aliphatic imine (C=N–C) groups is 1. The van der Waals surface area contributed by atoms with Crippen LogP contribution in [0.15, 0.2) is 63.0 Å². The molecule has 0 bridgehead atoms. The van der Waals surface area contributed by atoms with Crippen molar-refractivity contribution in [2.45, 2.75) is 11.4 Å². The molecule has 0 amide bonds. The summed E-state index contributed by atoms with van der Waals surface area (Å²) in [7, 11) is 0.